The lowest BCUT2D eigenvalue weighted by atomic mass is 9.91. The Morgan fingerprint density at radius 1 is 1.17 bits per heavy atom. The number of para-hydroxylation sites is 1. The van der Waals surface area contributed by atoms with Gasteiger partial charge in [0, 0.05) is 29.2 Å². The summed E-state index contributed by atoms with van der Waals surface area (Å²) in [4.78, 5) is 2.55. The highest BCUT2D eigenvalue weighted by atomic mass is 15.2. The van der Waals surface area contributed by atoms with Crippen LogP contribution in [0.25, 0.3) is 10.9 Å². The van der Waals surface area contributed by atoms with Crippen LogP contribution in [0, 0.1) is 0 Å². The van der Waals surface area contributed by atoms with Gasteiger partial charge in [0.15, 0.2) is 0 Å². The summed E-state index contributed by atoms with van der Waals surface area (Å²) in [5, 5.41) is 1.50. The zero-order valence-electron chi connectivity index (χ0n) is 11.2. The van der Waals surface area contributed by atoms with E-state index in [0.717, 1.165) is 0 Å². The molecule has 0 fully saturated rings. The van der Waals surface area contributed by atoms with Crippen molar-refractivity contribution in [3.8, 4) is 0 Å². The number of nitrogens with zero attached hydrogens (tertiary/aromatic N) is 2. The van der Waals surface area contributed by atoms with E-state index in [0.29, 0.717) is 12.1 Å². The molecule has 0 saturated carbocycles. The van der Waals surface area contributed by atoms with Gasteiger partial charge in [-0.3, -0.25) is 4.90 Å². The average molecular weight is 240 g/mol. The van der Waals surface area contributed by atoms with Crippen molar-refractivity contribution in [1.29, 1.82) is 0 Å². The largest absolute Gasteiger partial charge is 0.340 e. The molecular weight excluding hydrogens is 220 g/mol. The summed E-state index contributed by atoms with van der Waals surface area (Å²) in [6, 6.07) is 10.3. The van der Waals surface area contributed by atoms with Crippen LogP contribution in [0.5, 0.6) is 0 Å². The fourth-order valence-electron chi connectivity index (χ4n) is 3.99. The molecule has 0 bridgehead atoms. The summed E-state index contributed by atoms with van der Waals surface area (Å²) in [5.41, 5.74) is 4.69. The number of hydrogen-bond donors (Lipinski definition) is 0. The van der Waals surface area contributed by atoms with E-state index in [1.165, 1.54) is 36.7 Å². The van der Waals surface area contributed by atoms with Gasteiger partial charge < -0.3 is 4.57 Å². The highest BCUT2D eigenvalue weighted by molar-refractivity contribution is 5.86. The lowest BCUT2D eigenvalue weighted by Gasteiger charge is -2.39. The van der Waals surface area contributed by atoms with Crippen molar-refractivity contribution in [2.75, 3.05) is 13.6 Å². The van der Waals surface area contributed by atoms with Crippen molar-refractivity contribution in [3.63, 3.8) is 0 Å². The molecule has 2 aliphatic heterocycles. The summed E-state index contributed by atoms with van der Waals surface area (Å²) in [6.07, 6.45) is 3.84. The maximum absolute atomic E-state index is 2.62. The third-order valence-electron chi connectivity index (χ3n) is 4.92. The number of hydrogen-bond acceptors (Lipinski definition) is 1. The van der Waals surface area contributed by atoms with E-state index >= 15 is 0 Å². The standard InChI is InChI=1S/C16H20N2/c1-11-7-8-15-16-13(9-10-17(15)2)12-5-3-4-6-14(12)18(11)16/h3-6,11,15H,7-10H2,1-2H3. The van der Waals surface area contributed by atoms with Gasteiger partial charge in [-0.25, -0.2) is 0 Å². The highest BCUT2D eigenvalue weighted by Crippen LogP contribution is 2.44. The quantitative estimate of drug-likeness (QED) is 0.684. The number of likely N-dealkylation sites (N-methyl/N-ethyl adjacent to an activating group) is 1. The van der Waals surface area contributed by atoms with E-state index < -0.39 is 0 Å². The third kappa shape index (κ3) is 1.22. The fourth-order valence-corrected chi connectivity index (χ4v) is 3.99. The predicted molar refractivity (Wildman–Crippen MR) is 75.0 cm³/mol. The van der Waals surface area contributed by atoms with Crippen molar-refractivity contribution in [2.24, 2.45) is 0 Å². The van der Waals surface area contributed by atoms with Gasteiger partial charge in [-0.1, -0.05) is 18.2 Å². The molecule has 2 atom stereocenters. The van der Waals surface area contributed by atoms with E-state index in [1.54, 1.807) is 11.3 Å². The number of rotatable bonds is 0. The van der Waals surface area contributed by atoms with Gasteiger partial charge in [-0.05, 0) is 44.9 Å². The van der Waals surface area contributed by atoms with E-state index in [9.17, 15) is 0 Å². The molecular formula is C16H20N2. The molecule has 1 aromatic heterocycles. The molecule has 1 aromatic carbocycles. The van der Waals surface area contributed by atoms with Crippen LogP contribution in [-0.4, -0.2) is 23.1 Å². The van der Waals surface area contributed by atoms with Crippen LogP contribution >= 0.6 is 0 Å². The minimum Gasteiger partial charge on any atom is -0.340 e. The smallest absolute Gasteiger partial charge is 0.0501 e. The third-order valence-corrected chi connectivity index (χ3v) is 4.92. The molecule has 2 heteroatoms. The molecule has 2 aliphatic rings. The second kappa shape index (κ2) is 3.61. The lowest BCUT2D eigenvalue weighted by molar-refractivity contribution is 0.178. The van der Waals surface area contributed by atoms with Gasteiger partial charge in [0.1, 0.15) is 0 Å². The molecule has 0 amide bonds. The van der Waals surface area contributed by atoms with E-state index in [-0.39, 0.29) is 0 Å². The van der Waals surface area contributed by atoms with Gasteiger partial charge >= 0.3 is 0 Å². The second-order valence-electron chi connectivity index (χ2n) is 5.92. The lowest BCUT2D eigenvalue weighted by Crippen LogP contribution is -2.36. The Labute approximate surface area is 108 Å². The first-order valence-corrected chi connectivity index (χ1v) is 7.09. The fraction of sp³-hybridized carbons (Fsp3) is 0.500. The highest BCUT2D eigenvalue weighted by Gasteiger charge is 2.35. The number of fused-ring (bicyclic) bond motifs is 3. The molecule has 2 nitrogen and oxygen atoms in total. The molecule has 0 aliphatic carbocycles. The molecule has 0 spiro atoms. The first-order valence-electron chi connectivity index (χ1n) is 7.09. The zero-order valence-corrected chi connectivity index (χ0v) is 11.2. The maximum atomic E-state index is 2.62. The van der Waals surface area contributed by atoms with Crippen LogP contribution in [0.15, 0.2) is 24.3 Å². The molecule has 4 rings (SSSR count). The molecule has 2 aromatic rings. The van der Waals surface area contributed by atoms with Gasteiger partial charge in [0.25, 0.3) is 0 Å². The summed E-state index contributed by atoms with van der Waals surface area (Å²) in [7, 11) is 2.28. The second-order valence-corrected chi connectivity index (χ2v) is 5.92. The van der Waals surface area contributed by atoms with Gasteiger partial charge in [-0.15, -0.1) is 0 Å². The van der Waals surface area contributed by atoms with Crippen LogP contribution in [-0.2, 0) is 6.42 Å². The van der Waals surface area contributed by atoms with Crippen molar-refractivity contribution in [3.05, 3.63) is 35.5 Å². The van der Waals surface area contributed by atoms with Crippen LogP contribution in [0.2, 0.25) is 0 Å². The van der Waals surface area contributed by atoms with Crippen molar-refractivity contribution in [1.82, 2.24) is 9.47 Å². The topological polar surface area (TPSA) is 8.17 Å². The van der Waals surface area contributed by atoms with Crippen molar-refractivity contribution < 1.29 is 0 Å². The van der Waals surface area contributed by atoms with Crippen molar-refractivity contribution >= 4 is 10.9 Å². The average Bonchev–Trinajstić information content (AvgIpc) is 2.72. The normalized spacial score (nSPS) is 27.4. The van der Waals surface area contributed by atoms with Crippen LogP contribution in [0.1, 0.15) is 43.1 Å². The van der Waals surface area contributed by atoms with E-state index in [2.05, 4.69) is 47.7 Å². The predicted octanol–water partition coefficient (Wildman–Crippen LogP) is 3.53. The Bertz CT molecular complexity index is 611. The number of aromatic nitrogens is 1. The zero-order chi connectivity index (χ0) is 12.3. The Morgan fingerprint density at radius 2 is 2.00 bits per heavy atom. The molecule has 2 unspecified atom stereocenters. The van der Waals surface area contributed by atoms with Crippen LogP contribution in [0.4, 0.5) is 0 Å². The molecule has 94 valence electrons. The Morgan fingerprint density at radius 3 is 2.89 bits per heavy atom. The Kier molecular flexibility index (Phi) is 2.13. The minimum atomic E-state index is 0.650. The molecule has 0 radical (unpaired) electrons. The Hall–Kier alpha value is -1.28. The minimum absolute atomic E-state index is 0.650. The summed E-state index contributed by atoms with van der Waals surface area (Å²) in [5.74, 6) is 0. The molecule has 0 saturated heterocycles. The molecule has 3 heterocycles. The SMILES string of the molecule is CC1CCC2c3c(c4ccccc4n31)CCN2C. The van der Waals surface area contributed by atoms with Crippen LogP contribution in [0.3, 0.4) is 0 Å². The monoisotopic (exact) mass is 240 g/mol. The first-order chi connectivity index (χ1) is 8.77. The maximum Gasteiger partial charge on any atom is 0.0501 e. The van der Waals surface area contributed by atoms with E-state index in [1.807, 2.05) is 0 Å². The Balaban J connectivity index is 2.10. The number of benzene rings is 1. The van der Waals surface area contributed by atoms with Crippen molar-refractivity contribution in [2.45, 2.75) is 38.3 Å². The molecule has 18 heavy (non-hydrogen) atoms. The molecule has 0 N–H and O–H groups in total. The summed E-state index contributed by atoms with van der Waals surface area (Å²) in [6.45, 7) is 3.58. The van der Waals surface area contributed by atoms with Gasteiger partial charge in [0.05, 0.1) is 6.04 Å². The summed E-state index contributed by atoms with van der Waals surface area (Å²) < 4.78 is 2.62. The first kappa shape index (κ1) is 10.6. The van der Waals surface area contributed by atoms with Crippen LogP contribution < -0.4 is 0 Å². The van der Waals surface area contributed by atoms with Gasteiger partial charge in [0.2, 0.25) is 0 Å². The van der Waals surface area contributed by atoms with Gasteiger partial charge in [-0.2, -0.15) is 0 Å². The van der Waals surface area contributed by atoms with E-state index in [4.69, 9.17) is 0 Å². The summed E-state index contributed by atoms with van der Waals surface area (Å²) >= 11 is 0.